The van der Waals surface area contributed by atoms with E-state index < -0.39 is 0 Å². The third-order valence-electron chi connectivity index (χ3n) is 5.40. The number of halogens is 1. The monoisotopic (exact) mass is 563 g/mol. The highest BCUT2D eigenvalue weighted by atomic mass is 127. The van der Waals surface area contributed by atoms with E-state index in [0.717, 1.165) is 43.3 Å². The van der Waals surface area contributed by atoms with Crippen molar-refractivity contribution in [1.82, 2.24) is 25.8 Å². The van der Waals surface area contributed by atoms with E-state index in [1.165, 1.54) is 0 Å². The molecule has 1 saturated heterocycles. The third-order valence-corrected chi connectivity index (χ3v) is 5.40. The lowest BCUT2D eigenvalue weighted by molar-refractivity contribution is 0.408. The summed E-state index contributed by atoms with van der Waals surface area (Å²) in [6.07, 6.45) is 4.52. The Morgan fingerprint density at radius 2 is 2.09 bits per heavy atom. The lowest BCUT2D eigenvalue weighted by Crippen LogP contribution is -2.51. The number of anilines is 1. The molecule has 3 aromatic rings. The SMILES string of the molecule is CN=C(NCCc1noc(-c2ccccn2)n1)NC1CCCN(c2ccccc2OC)C1.I. The second-order valence-corrected chi connectivity index (χ2v) is 7.58. The number of para-hydroxylation sites is 2. The zero-order chi connectivity index (χ0) is 22.2. The Kier molecular flexibility index (Phi) is 9.28. The van der Waals surface area contributed by atoms with Gasteiger partial charge in [0.2, 0.25) is 0 Å². The third kappa shape index (κ3) is 6.56. The largest absolute Gasteiger partial charge is 0.495 e. The topological polar surface area (TPSA) is 101 Å². The smallest absolute Gasteiger partial charge is 0.276 e. The average Bonchev–Trinajstić information content (AvgIpc) is 3.33. The van der Waals surface area contributed by atoms with Crippen LogP contribution in [-0.2, 0) is 6.42 Å². The summed E-state index contributed by atoms with van der Waals surface area (Å²) in [6.45, 7) is 2.55. The highest BCUT2D eigenvalue weighted by Crippen LogP contribution is 2.29. The molecule has 1 aliphatic rings. The number of methoxy groups -OCH3 is 1. The number of rotatable bonds is 7. The van der Waals surface area contributed by atoms with Crippen molar-refractivity contribution in [2.75, 3.05) is 38.7 Å². The Balaban J connectivity index is 0.00000306. The number of aliphatic imine (C=N–C) groups is 1. The lowest BCUT2D eigenvalue weighted by Gasteiger charge is -2.36. The van der Waals surface area contributed by atoms with Crippen LogP contribution >= 0.6 is 24.0 Å². The molecule has 0 aliphatic carbocycles. The van der Waals surface area contributed by atoms with Gasteiger partial charge in [-0.25, -0.2) is 0 Å². The first-order valence-corrected chi connectivity index (χ1v) is 10.9. The number of hydrogen-bond acceptors (Lipinski definition) is 7. The number of aromatic nitrogens is 3. The number of pyridine rings is 1. The standard InChI is InChI=1S/C23H29N7O2.HI/c1-24-23(26-14-12-21-28-22(32-29-21)18-9-5-6-13-25-18)27-17-8-7-15-30(16-17)19-10-3-4-11-20(19)31-2;/h3-6,9-11,13,17H,7-8,12,14-16H2,1-2H3,(H2,24,26,27);1H. The normalized spacial score (nSPS) is 16.1. The molecule has 176 valence electrons. The number of ether oxygens (including phenoxy) is 1. The second kappa shape index (κ2) is 12.4. The van der Waals surface area contributed by atoms with E-state index in [-0.39, 0.29) is 24.0 Å². The van der Waals surface area contributed by atoms with E-state index in [1.54, 1.807) is 20.4 Å². The molecule has 9 nitrogen and oxygen atoms in total. The van der Waals surface area contributed by atoms with Crippen LogP contribution in [0.4, 0.5) is 5.69 Å². The fourth-order valence-electron chi connectivity index (χ4n) is 3.83. The first-order valence-electron chi connectivity index (χ1n) is 10.9. The Morgan fingerprint density at radius 3 is 2.88 bits per heavy atom. The molecular formula is C23H30IN7O2. The Hall–Kier alpha value is -2.89. The molecule has 1 unspecified atom stereocenters. The molecule has 1 atom stereocenters. The minimum Gasteiger partial charge on any atom is -0.495 e. The number of benzene rings is 1. The van der Waals surface area contributed by atoms with Gasteiger partial charge in [-0.1, -0.05) is 23.4 Å². The average molecular weight is 563 g/mol. The summed E-state index contributed by atoms with van der Waals surface area (Å²) in [6, 6.07) is 14.0. The van der Waals surface area contributed by atoms with Gasteiger partial charge in [-0.15, -0.1) is 24.0 Å². The van der Waals surface area contributed by atoms with E-state index in [9.17, 15) is 0 Å². The van der Waals surface area contributed by atoms with Gasteiger partial charge in [-0.2, -0.15) is 4.98 Å². The Labute approximate surface area is 211 Å². The molecule has 1 fully saturated rings. The molecule has 33 heavy (non-hydrogen) atoms. The molecule has 3 heterocycles. The van der Waals surface area contributed by atoms with Gasteiger partial charge in [0.15, 0.2) is 11.8 Å². The first-order chi connectivity index (χ1) is 15.8. The van der Waals surface area contributed by atoms with Crippen LogP contribution in [0.25, 0.3) is 11.6 Å². The lowest BCUT2D eigenvalue weighted by atomic mass is 10.0. The van der Waals surface area contributed by atoms with Crippen molar-refractivity contribution in [2.45, 2.75) is 25.3 Å². The number of nitrogens with one attached hydrogen (secondary N) is 2. The van der Waals surface area contributed by atoms with Crippen LogP contribution in [0.1, 0.15) is 18.7 Å². The van der Waals surface area contributed by atoms with Crippen LogP contribution in [0.5, 0.6) is 5.75 Å². The maximum atomic E-state index is 5.54. The molecule has 0 radical (unpaired) electrons. The Bertz CT molecular complexity index is 1030. The second-order valence-electron chi connectivity index (χ2n) is 7.58. The predicted molar refractivity (Wildman–Crippen MR) is 139 cm³/mol. The van der Waals surface area contributed by atoms with Crippen LogP contribution in [-0.4, -0.2) is 60.9 Å². The summed E-state index contributed by atoms with van der Waals surface area (Å²) in [5.74, 6) is 2.74. The van der Waals surface area contributed by atoms with Crippen LogP contribution in [0.15, 0.2) is 58.2 Å². The molecular weight excluding hydrogens is 533 g/mol. The fraction of sp³-hybridized carbons (Fsp3) is 0.391. The molecule has 0 saturated carbocycles. The fourth-order valence-corrected chi connectivity index (χ4v) is 3.83. The van der Waals surface area contributed by atoms with Crippen molar-refractivity contribution < 1.29 is 9.26 Å². The van der Waals surface area contributed by atoms with Crippen LogP contribution in [0, 0.1) is 0 Å². The molecule has 4 rings (SSSR count). The summed E-state index contributed by atoms with van der Waals surface area (Å²) in [7, 11) is 3.50. The van der Waals surface area contributed by atoms with Crippen LogP contribution in [0.2, 0.25) is 0 Å². The number of piperidine rings is 1. The van der Waals surface area contributed by atoms with E-state index >= 15 is 0 Å². The molecule has 2 aromatic heterocycles. The van der Waals surface area contributed by atoms with Gasteiger partial charge in [0, 0.05) is 45.3 Å². The first kappa shape index (κ1) is 24.7. The van der Waals surface area contributed by atoms with Gasteiger partial charge in [0.1, 0.15) is 11.4 Å². The molecule has 2 N–H and O–H groups in total. The quantitative estimate of drug-likeness (QED) is 0.257. The van der Waals surface area contributed by atoms with Crippen molar-refractivity contribution in [3.05, 3.63) is 54.5 Å². The highest BCUT2D eigenvalue weighted by Gasteiger charge is 2.22. The van der Waals surface area contributed by atoms with Crippen LogP contribution < -0.4 is 20.3 Å². The van der Waals surface area contributed by atoms with Crippen molar-refractivity contribution in [1.29, 1.82) is 0 Å². The summed E-state index contributed by atoms with van der Waals surface area (Å²) >= 11 is 0. The minimum absolute atomic E-state index is 0. The highest BCUT2D eigenvalue weighted by molar-refractivity contribution is 14.0. The van der Waals surface area contributed by atoms with Crippen molar-refractivity contribution >= 4 is 35.6 Å². The maximum absolute atomic E-state index is 5.54. The zero-order valence-electron chi connectivity index (χ0n) is 18.9. The van der Waals surface area contributed by atoms with Crippen LogP contribution in [0.3, 0.4) is 0 Å². The van der Waals surface area contributed by atoms with E-state index in [0.29, 0.717) is 36.4 Å². The minimum atomic E-state index is 0. The van der Waals surface area contributed by atoms with Crippen molar-refractivity contribution in [3.8, 4) is 17.3 Å². The number of hydrogen-bond donors (Lipinski definition) is 2. The summed E-state index contributed by atoms with van der Waals surface area (Å²) in [5.41, 5.74) is 1.80. The molecule has 0 bridgehead atoms. The van der Waals surface area contributed by atoms with E-state index in [1.807, 2.05) is 36.4 Å². The van der Waals surface area contributed by atoms with E-state index in [4.69, 9.17) is 9.26 Å². The summed E-state index contributed by atoms with van der Waals surface area (Å²) in [5, 5.41) is 10.9. The van der Waals surface area contributed by atoms with Gasteiger partial charge in [0.25, 0.3) is 5.89 Å². The van der Waals surface area contributed by atoms with Gasteiger partial charge in [-0.05, 0) is 37.1 Å². The van der Waals surface area contributed by atoms with Crippen molar-refractivity contribution in [3.63, 3.8) is 0 Å². The maximum Gasteiger partial charge on any atom is 0.276 e. The number of nitrogens with zero attached hydrogens (tertiary/aromatic N) is 5. The van der Waals surface area contributed by atoms with E-state index in [2.05, 4.69) is 41.7 Å². The molecule has 0 amide bonds. The number of guanidine groups is 1. The molecule has 0 spiro atoms. The molecule has 1 aliphatic heterocycles. The Morgan fingerprint density at radius 1 is 1.24 bits per heavy atom. The summed E-state index contributed by atoms with van der Waals surface area (Å²) in [4.78, 5) is 15.4. The van der Waals surface area contributed by atoms with Gasteiger partial charge in [0.05, 0.1) is 12.8 Å². The molecule has 1 aromatic carbocycles. The van der Waals surface area contributed by atoms with Crippen molar-refractivity contribution in [2.24, 2.45) is 4.99 Å². The summed E-state index contributed by atoms with van der Waals surface area (Å²) < 4.78 is 10.9. The van der Waals surface area contributed by atoms with Gasteiger partial charge < -0.3 is 24.8 Å². The van der Waals surface area contributed by atoms with Gasteiger partial charge >= 0.3 is 0 Å². The predicted octanol–water partition coefficient (Wildman–Crippen LogP) is 3.13. The zero-order valence-corrected chi connectivity index (χ0v) is 21.2. The van der Waals surface area contributed by atoms with Gasteiger partial charge in [-0.3, -0.25) is 9.98 Å². The molecule has 10 heteroatoms.